The molecule has 21 heavy (non-hydrogen) atoms. The number of carbonyl (C=O) groups excluding carboxylic acids is 2. The molecule has 0 atom stereocenters. The van der Waals surface area contributed by atoms with E-state index in [1.165, 1.54) is 32.4 Å². The van der Waals surface area contributed by atoms with Crippen molar-refractivity contribution in [3.05, 3.63) is 47.7 Å². The first-order valence-electron chi connectivity index (χ1n) is 6.14. The first kappa shape index (κ1) is 14.5. The molecule has 0 saturated carbocycles. The Hall–Kier alpha value is -2.89. The van der Waals surface area contributed by atoms with Gasteiger partial charge in [-0.2, -0.15) is 0 Å². The lowest BCUT2D eigenvalue weighted by molar-refractivity contribution is 0.0597. The number of methoxy groups -OCH3 is 1. The zero-order valence-corrected chi connectivity index (χ0v) is 11.6. The predicted molar refractivity (Wildman–Crippen MR) is 76.5 cm³/mol. The highest BCUT2D eigenvalue weighted by Crippen LogP contribution is 2.28. The van der Waals surface area contributed by atoms with Gasteiger partial charge in [-0.05, 0) is 37.3 Å². The molecule has 6 heteroatoms. The molecule has 0 aliphatic heterocycles. The fraction of sp³-hybridized carbons (Fsp3) is 0.133. The van der Waals surface area contributed by atoms with Gasteiger partial charge >= 0.3 is 5.97 Å². The second-order valence-corrected chi connectivity index (χ2v) is 4.26. The summed E-state index contributed by atoms with van der Waals surface area (Å²) in [5.74, 6) is -0.428. The van der Waals surface area contributed by atoms with Gasteiger partial charge in [-0.3, -0.25) is 4.79 Å². The molecule has 1 aromatic heterocycles. The Kier molecular flexibility index (Phi) is 4.18. The Labute approximate surface area is 121 Å². The van der Waals surface area contributed by atoms with E-state index in [2.05, 4.69) is 9.72 Å². The molecule has 0 aliphatic carbocycles. The maximum atomic E-state index is 11.7. The summed E-state index contributed by atoms with van der Waals surface area (Å²) in [5.41, 5.74) is 6.60. The van der Waals surface area contributed by atoms with Gasteiger partial charge in [0.05, 0.1) is 12.7 Å². The molecular formula is C15H14N2O4. The van der Waals surface area contributed by atoms with Crippen LogP contribution in [0, 0.1) is 0 Å². The molecule has 0 saturated heterocycles. The number of carbonyl (C=O) groups is 2. The number of nitrogen functional groups attached to an aromatic ring is 1. The molecule has 0 fully saturated rings. The van der Waals surface area contributed by atoms with Crippen LogP contribution in [0.1, 0.15) is 27.6 Å². The highest BCUT2D eigenvalue weighted by molar-refractivity contribution is 5.98. The van der Waals surface area contributed by atoms with E-state index in [0.29, 0.717) is 11.3 Å². The van der Waals surface area contributed by atoms with Crippen LogP contribution >= 0.6 is 0 Å². The lowest BCUT2D eigenvalue weighted by atomic mass is 10.1. The molecule has 2 aromatic rings. The third-order valence-electron chi connectivity index (χ3n) is 2.77. The van der Waals surface area contributed by atoms with E-state index in [1.807, 2.05) is 0 Å². The van der Waals surface area contributed by atoms with Gasteiger partial charge in [0.15, 0.2) is 5.78 Å². The van der Waals surface area contributed by atoms with Crippen molar-refractivity contribution in [2.45, 2.75) is 6.92 Å². The van der Waals surface area contributed by atoms with Crippen LogP contribution in [0.3, 0.4) is 0 Å². The fourth-order valence-electron chi connectivity index (χ4n) is 1.75. The molecule has 0 amide bonds. The number of ketones is 1. The maximum absolute atomic E-state index is 11.7. The summed E-state index contributed by atoms with van der Waals surface area (Å²) < 4.78 is 10.3. The second kappa shape index (κ2) is 6.04. The number of esters is 1. The topological polar surface area (TPSA) is 91.5 Å². The predicted octanol–water partition coefficient (Wildman–Crippen LogP) is 2.45. The van der Waals surface area contributed by atoms with E-state index in [9.17, 15) is 9.59 Å². The normalized spacial score (nSPS) is 10.0. The molecule has 108 valence electrons. The zero-order chi connectivity index (χ0) is 15.4. The quantitative estimate of drug-likeness (QED) is 0.527. The van der Waals surface area contributed by atoms with Crippen molar-refractivity contribution in [3.63, 3.8) is 0 Å². The van der Waals surface area contributed by atoms with E-state index in [1.54, 1.807) is 18.2 Å². The van der Waals surface area contributed by atoms with E-state index in [-0.39, 0.29) is 23.0 Å². The van der Waals surface area contributed by atoms with Gasteiger partial charge in [0.25, 0.3) is 0 Å². The number of hydrogen-bond donors (Lipinski definition) is 1. The van der Waals surface area contributed by atoms with Crippen LogP contribution in [-0.4, -0.2) is 23.8 Å². The molecule has 0 radical (unpaired) electrons. The first-order valence-corrected chi connectivity index (χ1v) is 6.14. The highest BCUT2D eigenvalue weighted by atomic mass is 16.5. The van der Waals surface area contributed by atoms with Crippen LogP contribution in [0.4, 0.5) is 5.69 Å². The number of Topliss-reactive ketones (excluding diaryl/α,β-unsaturated/α-hetero) is 1. The molecule has 0 spiro atoms. The van der Waals surface area contributed by atoms with Crippen LogP contribution in [0.15, 0.2) is 36.5 Å². The smallest absolute Gasteiger partial charge is 0.343 e. The lowest BCUT2D eigenvalue weighted by Gasteiger charge is -2.11. The molecule has 2 N–H and O–H groups in total. The number of nitrogens with two attached hydrogens (primary N) is 1. The van der Waals surface area contributed by atoms with Crippen LogP contribution in [0.5, 0.6) is 11.6 Å². The van der Waals surface area contributed by atoms with Crippen molar-refractivity contribution in [2.75, 3.05) is 12.8 Å². The van der Waals surface area contributed by atoms with Crippen molar-refractivity contribution < 1.29 is 19.1 Å². The van der Waals surface area contributed by atoms with Crippen molar-refractivity contribution in [1.82, 2.24) is 4.98 Å². The Morgan fingerprint density at radius 1 is 1.19 bits per heavy atom. The second-order valence-electron chi connectivity index (χ2n) is 4.26. The van der Waals surface area contributed by atoms with Gasteiger partial charge in [-0.25, -0.2) is 9.78 Å². The summed E-state index contributed by atoms with van der Waals surface area (Å²) in [6, 6.07) is 7.79. The largest absolute Gasteiger partial charge is 0.465 e. The van der Waals surface area contributed by atoms with Crippen LogP contribution in [-0.2, 0) is 4.74 Å². The fourth-order valence-corrected chi connectivity index (χ4v) is 1.75. The summed E-state index contributed by atoms with van der Waals surface area (Å²) >= 11 is 0. The molecule has 2 rings (SSSR count). The molecule has 1 aromatic carbocycles. The van der Waals surface area contributed by atoms with Crippen LogP contribution < -0.4 is 10.5 Å². The molecule has 0 aliphatic rings. The minimum Gasteiger partial charge on any atom is -0.465 e. The average Bonchev–Trinajstić information content (AvgIpc) is 2.48. The number of rotatable bonds is 4. The third kappa shape index (κ3) is 3.17. The molecule has 0 unspecified atom stereocenters. The number of aromatic nitrogens is 1. The lowest BCUT2D eigenvalue weighted by Crippen LogP contribution is -2.06. The number of benzene rings is 1. The summed E-state index contributed by atoms with van der Waals surface area (Å²) in [4.78, 5) is 27.3. The van der Waals surface area contributed by atoms with Gasteiger partial charge in [-0.1, -0.05) is 0 Å². The van der Waals surface area contributed by atoms with E-state index in [4.69, 9.17) is 10.5 Å². The van der Waals surface area contributed by atoms with E-state index < -0.39 is 5.97 Å². The first-order chi connectivity index (χ1) is 10.0. The number of anilines is 1. The van der Waals surface area contributed by atoms with Gasteiger partial charge in [0.2, 0.25) is 5.88 Å². The summed E-state index contributed by atoms with van der Waals surface area (Å²) in [5, 5.41) is 0. The van der Waals surface area contributed by atoms with E-state index >= 15 is 0 Å². The molecular weight excluding hydrogens is 272 g/mol. The number of nitrogens with zero attached hydrogens (tertiary/aromatic N) is 1. The minimum atomic E-state index is -0.571. The van der Waals surface area contributed by atoms with Crippen molar-refractivity contribution in [3.8, 4) is 11.6 Å². The van der Waals surface area contributed by atoms with Gasteiger partial charge in [-0.15, -0.1) is 0 Å². The zero-order valence-electron chi connectivity index (χ0n) is 11.6. The summed E-state index contributed by atoms with van der Waals surface area (Å²) in [7, 11) is 1.27. The monoisotopic (exact) mass is 286 g/mol. The molecule has 6 nitrogen and oxygen atoms in total. The van der Waals surface area contributed by atoms with Crippen molar-refractivity contribution in [1.29, 1.82) is 0 Å². The Morgan fingerprint density at radius 3 is 2.62 bits per heavy atom. The minimum absolute atomic E-state index is 0.0663. The van der Waals surface area contributed by atoms with Gasteiger partial charge in [0.1, 0.15) is 11.3 Å². The summed E-state index contributed by atoms with van der Waals surface area (Å²) in [6.45, 7) is 1.40. The molecule has 0 bridgehead atoms. The average molecular weight is 286 g/mol. The Bertz CT molecular complexity index is 698. The SMILES string of the molecule is COC(=O)c1cccnc1Oc1ccc(N)cc1C(C)=O. The highest BCUT2D eigenvalue weighted by Gasteiger charge is 2.17. The third-order valence-corrected chi connectivity index (χ3v) is 2.77. The Morgan fingerprint density at radius 2 is 1.95 bits per heavy atom. The number of ether oxygens (including phenoxy) is 2. The van der Waals surface area contributed by atoms with Crippen molar-refractivity contribution in [2.24, 2.45) is 0 Å². The maximum Gasteiger partial charge on any atom is 0.343 e. The van der Waals surface area contributed by atoms with Gasteiger partial charge in [0, 0.05) is 11.9 Å². The van der Waals surface area contributed by atoms with Crippen LogP contribution in [0.25, 0.3) is 0 Å². The van der Waals surface area contributed by atoms with Crippen LogP contribution in [0.2, 0.25) is 0 Å². The van der Waals surface area contributed by atoms with Crippen molar-refractivity contribution >= 4 is 17.4 Å². The number of hydrogen-bond acceptors (Lipinski definition) is 6. The Balaban J connectivity index is 2.44. The van der Waals surface area contributed by atoms with E-state index in [0.717, 1.165) is 0 Å². The van der Waals surface area contributed by atoms with Gasteiger partial charge < -0.3 is 15.2 Å². The molecule has 1 heterocycles. The summed E-state index contributed by atoms with van der Waals surface area (Å²) in [6.07, 6.45) is 1.48. The standard InChI is InChI=1S/C15H14N2O4/c1-9(18)12-8-10(16)5-6-13(12)21-14-11(15(19)20-2)4-3-7-17-14/h3-8H,16H2,1-2H3. The number of pyridine rings is 1.